The minimum absolute atomic E-state index is 0.343. The maximum absolute atomic E-state index is 12.9. The van der Waals surface area contributed by atoms with Crippen LogP contribution >= 0.6 is 0 Å². The molecule has 6 heteroatoms. The summed E-state index contributed by atoms with van der Waals surface area (Å²) in [6, 6.07) is 5.16. The van der Waals surface area contributed by atoms with Gasteiger partial charge in [0.05, 0.1) is 0 Å². The molecular formula is C14H19FN2O3. The van der Waals surface area contributed by atoms with Crippen LogP contribution in [0, 0.1) is 5.82 Å². The molecule has 0 aliphatic heterocycles. The van der Waals surface area contributed by atoms with Crippen LogP contribution < -0.4 is 4.90 Å². The molecule has 0 unspecified atom stereocenters. The Balaban J connectivity index is 2.93. The van der Waals surface area contributed by atoms with E-state index in [1.54, 1.807) is 6.92 Å². The van der Waals surface area contributed by atoms with E-state index in [9.17, 15) is 14.0 Å². The molecule has 0 aromatic heterocycles. The molecule has 1 aromatic rings. The lowest BCUT2D eigenvalue weighted by Gasteiger charge is -2.28. The average Bonchev–Trinajstić information content (AvgIpc) is 2.40. The zero-order valence-electron chi connectivity index (χ0n) is 11.7. The zero-order chi connectivity index (χ0) is 15.1. The van der Waals surface area contributed by atoms with Gasteiger partial charge < -0.3 is 10.0 Å². The van der Waals surface area contributed by atoms with Crippen molar-refractivity contribution >= 4 is 17.7 Å². The van der Waals surface area contributed by atoms with E-state index in [4.69, 9.17) is 5.11 Å². The lowest BCUT2D eigenvalue weighted by atomic mass is 10.3. The largest absolute Gasteiger partial charge is 0.480 e. The summed E-state index contributed by atoms with van der Waals surface area (Å²) in [5.41, 5.74) is 0.547. The average molecular weight is 282 g/mol. The summed E-state index contributed by atoms with van der Waals surface area (Å²) < 4.78 is 12.9. The Hall–Kier alpha value is -2.11. The van der Waals surface area contributed by atoms with Crippen molar-refractivity contribution in [3.05, 3.63) is 30.1 Å². The standard InChI is InChI=1S/C14H19FN2O3/c1-3-9-16(10-13(18)19)14(20)17(4-2)12-7-5-11(15)6-8-12/h5-8H,3-4,9-10H2,1-2H3,(H,18,19). The number of benzene rings is 1. The van der Waals surface area contributed by atoms with Crippen LogP contribution in [0.15, 0.2) is 24.3 Å². The molecule has 0 aliphatic carbocycles. The second-order valence-corrected chi connectivity index (χ2v) is 4.32. The molecule has 0 radical (unpaired) electrons. The predicted molar refractivity (Wildman–Crippen MR) is 74.3 cm³/mol. The van der Waals surface area contributed by atoms with Crippen LogP contribution in [0.4, 0.5) is 14.9 Å². The molecule has 1 aromatic carbocycles. The number of rotatable bonds is 6. The molecule has 110 valence electrons. The van der Waals surface area contributed by atoms with Crippen molar-refractivity contribution in [1.82, 2.24) is 4.90 Å². The highest BCUT2D eigenvalue weighted by Gasteiger charge is 2.22. The highest BCUT2D eigenvalue weighted by molar-refractivity contribution is 5.93. The van der Waals surface area contributed by atoms with E-state index in [1.807, 2.05) is 6.92 Å². The summed E-state index contributed by atoms with van der Waals surface area (Å²) >= 11 is 0. The van der Waals surface area contributed by atoms with Crippen molar-refractivity contribution in [2.24, 2.45) is 0 Å². The van der Waals surface area contributed by atoms with E-state index in [2.05, 4.69) is 0 Å². The maximum Gasteiger partial charge on any atom is 0.324 e. The molecule has 2 amide bonds. The molecule has 5 nitrogen and oxygen atoms in total. The number of carbonyl (C=O) groups excluding carboxylic acids is 1. The van der Waals surface area contributed by atoms with Gasteiger partial charge in [0.2, 0.25) is 0 Å². The number of nitrogens with zero attached hydrogens (tertiary/aromatic N) is 2. The van der Waals surface area contributed by atoms with Gasteiger partial charge in [-0.05, 0) is 37.6 Å². The Bertz CT molecular complexity index is 462. The van der Waals surface area contributed by atoms with Gasteiger partial charge in [0, 0.05) is 18.8 Å². The van der Waals surface area contributed by atoms with Gasteiger partial charge >= 0.3 is 12.0 Å². The van der Waals surface area contributed by atoms with Crippen LogP contribution in [0.5, 0.6) is 0 Å². The summed E-state index contributed by atoms with van der Waals surface area (Å²) in [5.74, 6) is -1.44. The van der Waals surface area contributed by atoms with Crippen LogP contribution in [-0.2, 0) is 4.79 Å². The van der Waals surface area contributed by atoms with Gasteiger partial charge in [-0.25, -0.2) is 9.18 Å². The van der Waals surface area contributed by atoms with Crippen molar-refractivity contribution in [2.45, 2.75) is 20.3 Å². The fourth-order valence-corrected chi connectivity index (χ4v) is 1.90. The van der Waals surface area contributed by atoms with E-state index in [0.29, 0.717) is 25.2 Å². The Morgan fingerprint density at radius 2 is 1.80 bits per heavy atom. The van der Waals surface area contributed by atoms with Crippen molar-refractivity contribution < 1.29 is 19.1 Å². The third-order valence-corrected chi connectivity index (χ3v) is 2.78. The summed E-state index contributed by atoms with van der Waals surface area (Å²) in [7, 11) is 0. The molecule has 0 atom stereocenters. The molecule has 1 N–H and O–H groups in total. The van der Waals surface area contributed by atoms with Gasteiger partial charge in [-0.1, -0.05) is 6.92 Å². The number of anilines is 1. The normalized spacial score (nSPS) is 10.2. The molecule has 0 saturated carbocycles. The lowest BCUT2D eigenvalue weighted by molar-refractivity contribution is -0.137. The topological polar surface area (TPSA) is 60.9 Å². The van der Waals surface area contributed by atoms with Crippen LogP contribution in [0.1, 0.15) is 20.3 Å². The fraction of sp³-hybridized carbons (Fsp3) is 0.429. The van der Waals surface area contributed by atoms with Gasteiger partial charge in [-0.2, -0.15) is 0 Å². The smallest absolute Gasteiger partial charge is 0.324 e. The number of hydrogen-bond donors (Lipinski definition) is 1. The molecule has 0 fully saturated rings. The van der Waals surface area contributed by atoms with Crippen molar-refractivity contribution in [2.75, 3.05) is 24.5 Å². The Morgan fingerprint density at radius 1 is 1.20 bits per heavy atom. The third-order valence-electron chi connectivity index (χ3n) is 2.78. The summed E-state index contributed by atoms with van der Waals surface area (Å²) in [5, 5.41) is 8.86. The van der Waals surface area contributed by atoms with E-state index in [-0.39, 0.29) is 18.4 Å². The van der Waals surface area contributed by atoms with Crippen LogP contribution in [0.3, 0.4) is 0 Å². The fourth-order valence-electron chi connectivity index (χ4n) is 1.90. The quantitative estimate of drug-likeness (QED) is 0.872. The first-order valence-corrected chi connectivity index (χ1v) is 6.53. The highest BCUT2D eigenvalue weighted by Crippen LogP contribution is 2.16. The number of carboxylic acids is 1. The number of aliphatic carboxylic acids is 1. The molecule has 1 rings (SSSR count). The van der Waals surface area contributed by atoms with E-state index in [1.165, 1.54) is 34.1 Å². The highest BCUT2D eigenvalue weighted by atomic mass is 19.1. The number of carboxylic acid groups (broad SMARTS) is 1. The van der Waals surface area contributed by atoms with Crippen molar-refractivity contribution in [3.8, 4) is 0 Å². The predicted octanol–water partition coefficient (Wildman–Crippen LogP) is 2.57. The minimum atomic E-state index is -1.05. The number of carbonyl (C=O) groups is 2. The number of amides is 2. The Labute approximate surface area is 117 Å². The molecule has 20 heavy (non-hydrogen) atoms. The van der Waals surface area contributed by atoms with Crippen LogP contribution in [0.25, 0.3) is 0 Å². The monoisotopic (exact) mass is 282 g/mol. The molecule has 0 aliphatic rings. The summed E-state index contributed by atoms with van der Waals surface area (Å²) in [6.07, 6.45) is 0.667. The Kier molecular flexibility index (Phi) is 5.96. The summed E-state index contributed by atoms with van der Waals surface area (Å²) in [4.78, 5) is 25.9. The van der Waals surface area contributed by atoms with Gasteiger partial charge in [0.25, 0.3) is 0 Å². The van der Waals surface area contributed by atoms with Gasteiger partial charge in [0.15, 0.2) is 0 Å². The van der Waals surface area contributed by atoms with Gasteiger partial charge in [-0.3, -0.25) is 9.69 Å². The minimum Gasteiger partial charge on any atom is -0.480 e. The molecular weight excluding hydrogens is 263 g/mol. The second-order valence-electron chi connectivity index (χ2n) is 4.32. The third kappa shape index (κ3) is 4.22. The van der Waals surface area contributed by atoms with Crippen molar-refractivity contribution in [1.29, 1.82) is 0 Å². The Morgan fingerprint density at radius 3 is 2.25 bits per heavy atom. The molecule has 0 bridgehead atoms. The zero-order valence-corrected chi connectivity index (χ0v) is 11.7. The molecule has 0 heterocycles. The van der Waals surface area contributed by atoms with E-state index < -0.39 is 5.97 Å². The van der Waals surface area contributed by atoms with Gasteiger partial charge in [-0.15, -0.1) is 0 Å². The second kappa shape index (κ2) is 7.47. The number of halogens is 1. The van der Waals surface area contributed by atoms with Crippen molar-refractivity contribution in [3.63, 3.8) is 0 Å². The molecule has 0 spiro atoms. The lowest BCUT2D eigenvalue weighted by Crippen LogP contribution is -2.45. The number of urea groups is 1. The van der Waals surface area contributed by atoms with Gasteiger partial charge in [0.1, 0.15) is 12.4 Å². The first-order valence-electron chi connectivity index (χ1n) is 6.53. The van der Waals surface area contributed by atoms with E-state index in [0.717, 1.165) is 0 Å². The molecule has 0 saturated heterocycles. The summed E-state index contributed by atoms with van der Waals surface area (Å²) in [6.45, 7) is 4.06. The SMILES string of the molecule is CCCN(CC(=O)O)C(=O)N(CC)c1ccc(F)cc1. The van der Waals surface area contributed by atoms with E-state index >= 15 is 0 Å². The van der Waals surface area contributed by atoms with Crippen LogP contribution in [0.2, 0.25) is 0 Å². The first kappa shape index (κ1) is 15.9. The van der Waals surface area contributed by atoms with Crippen LogP contribution in [-0.4, -0.2) is 41.6 Å². The number of hydrogen-bond acceptors (Lipinski definition) is 2. The maximum atomic E-state index is 12.9. The first-order chi connectivity index (χ1) is 9.49.